The molecule has 1 aliphatic rings. The molecule has 0 aliphatic heterocycles. The second kappa shape index (κ2) is 6.87. The van der Waals surface area contributed by atoms with Crippen LogP contribution in [0.25, 0.3) is 10.2 Å². The predicted octanol–water partition coefficient (Wildman–Crippen LogP) is 3.90. The zero-order valence-electron chi connectivity index (χ0n) is 13.0. The Kier molecular flexibility index (Phi) is 4.67. The first kappa shape index (κ1) is 15.6. The Balaban J connectivity index is 1.64. The fourth-order valence-corrected chi connectivity index (χ4v) is 3.42. The van der Waals surface area contributed by atoms with E-state index in [1.54, 1.807) is 18.2 Å². The first-order valence-corrected chi connectivity index (χ1v) is 8.49. The number of amides is 1. The SMILES string of the molecule is CC(=O)c1nc2ccc(C(=O)NCCC3=CC=CCC3)cc2s1. The van der Waals surface area contributed by atoms with E-state index in [0.29, 0.717) is 17.1 Å². The smallest absolute Gasteiger partial charge is 0.251 e. The number of hydrogen-bond acceptors (Lipinski definition) is 4. The molecular formula is C18H18N2O2S. The van der Waals surface area contributed by atoms with Crippen molar-refractivity contribution in [2.45, 2.75) is 26.2 Å². The Morgan fingerprint density at radius 2 is 2.22 bits per heavy atom. The average Bonchev–Trinajstić information content (AvgIpc) is 2.99. The number of Topliss-reactive ketones (excluding diaryl/α,β-unsaturated/α-hetero) is 1. The van der Waals surface area contributed by atoms with Crippen LogP contribution in [-0.2, 0) is 0 Å². The second-order valence-corrected chi connectivity index (χ2v) is 6.59. The zero-order valence-corrected chi connectivity index (χ0v) is 13.8. The summed E-state index contributed by atoms with van der Waals surface area (Å²) in [5.41, 5.74) is 2.74. The molecule has 1 aliphatic carbocycles. The Morgan fingerprint density at radius 1 is 1.35 bits per heavy atom. The first-order chi connectivity index (χ1) is 11.1. The second-order valence-electron chi connectivity index (χ2n) is 5.56. The lowest BCUT2D eigenvalue weighted by Gasteiger charge is -2.10. The van der Waals surface area contributed by atoms with Gasteiger partial charge in [-0.05, 0) is 37.5 Å². The molecule has 3 rings (SSSR count). The van der Waals surface area contributed by atoms with E-state index in [4.69, 9.17) is 0 Å². The van der Waals surface area contributed by atoms with E-state index < -0.39 is 0 Å². The van der Waals surface area contributed by atoms with Gasteiger partial charge in [-0.2, -0.15) is 0 Å². The normalized spacial score (nSPS) is 13.9. The third kappa shape index (κ3) is 3.74. The summed E-state index contributed by atoms with van der Waals surface area (Å²) >= 11 is 1.33. The molecule has 0 spiro atoms. The number of ketones is 1. The Hall–Kier alpha value is -2.27. The first-order valence-electron chi connectivity index (χ1n) is 7.68. The summed E-state index contributed by atoms with van der Waals surface area (Å²) in [4.78, 5) is 27.9. The molecule has 1 aromatic carbocycles. The molecular weight excluding hydrogens is 308 g/mol. The predicted molar refractivity (Wildman–Crippen MR) is 93.0 cm³/mol. The number of aromatic nitrogens is 1. The maximum Gasteiger partial charge on any atom is 0.251 e. The summed E-state index contributed by atoms with van der Waals surface area (Å²) in [6.45, 7) is 2.14. The molecule has 23 heavy (non-hydrogen) atoms. The Morgan fingerprint density at radius 3 is 2.96 bits per heavy atom. The highest BCUT2D eigenvalue weighted by molar-refractivity contribution is 7.20. The molecule has 0 unspecified atom stereocenters. The number of nitrogens with one attached hydrogen (secondary N) is 1. The number of fused-ring (bicyclic) bond motifs is 1. The van der Waals surface area contributed by atoms with Gasteiger partial charge in [-0.25, -0.2) is 4.98 Å². The maximum atomic E-state index is 12.2. The minimum absolute atomic E-state index is 0.0491. The number of rotatable bonds is 5. The van der Waals surface area contributed by atoms with Crippen molar-refractivity contribution < 1.29 is 9.59 Å². The third-order valence-corrected chi connectivity index (χ3v) is 4.90. The molecule has 0 saturated heterocycles. The van der Waals surface area contributed by atoms with Gasteiger partial charge < -0.3 is 5.32 Å². The Labute approximate surface area is 138 Å². The fraction of sp³-hybridized carbons (Fsp3) is 0.278. The highest BCUT2D eigenvalue weighted by atomic mass is 32.1. The summed E-state index contributed by atoms with van der Waals surface area (Å²) in [6.07, 6.45) is 9.40. The van der Waals surface area contributed by atoms with Crippen LogP contribution in [0, 0.1) is 0 Å². The van der Waals surface area contributed by atoms with Crippen molar-refractivity contribution in [3.05, 3.63) is 52.6 Å². The highest BCUT2D eigenvalue weighted by Gasteiger charge is 2.11. The van der Waals surface area contributed by atoms with Gasteiger partial charge in [0.05, 0.1) is 10.2 Å². The molecule has 5 heteroatoms. The zero-order chi connectivity index (χ0) is 16.2. The van der Waals surface area contributed by atoms with Crippen molar-refractivity contribution in [3.63, 3.8) is 0 Å². The van der Waals surface area contributed by atoms with Crippen LogP contribution in [0.1, 0.15) is 46.3 Å². The monoisotopic (exact) mass is 326 g/mol. The maximum absolute atomic E-state index is 12.2. The molecule has 4 nitrogen and oxygen atoms in total. The van der Waals surface area contributed by atoms with Crippen LogP contribution in [0.15, 0.2) is 42.0 Å². The van der Waals surface area contributed by atoms with Gasteiger partial charge in [0.25, 0.3) is 5.91 Å². The molecule has 0 atom stereocenters. The van der Waals surface area contributed by atoms with Crippen molar-refractivity contribution in [1.82, 2.24) is 10.3 Å². The van der Waals surface area contributed by atoms with Crippen molar-refractivity contribution >= 4 is 33.2 Å². The van der Waals surface area contributed by atoms with Crippen LogP contribution in [0.3, 0.4) is 0 Å². The number of allylic oxidation sites excluding steroid dienone is 3. The lowest BCUT2D eigenvalue weighted by Crippen LogP contribution is -2.24. The number of carbonyl (C=O) groups is 2. The van der Waals surface area contributed by atoms with Gasteiger partial charge in [-0.3, -0.25) is 9.59 Å². The van der Waals surface area contributed by atoms with Crippen LogP contribution in [0.5, 0.6) is 0 Å². The largest absolute Gasteiger partial charge is 0.352 e. The van der Waals surface area contributed by atoms with Crippen molar-refractivity contribution in [1.29, 1.82) is 0 Å². The summed E-state index contributed by atoms with van der Waals surface area (Å²) in [5.74, 6) is -0.136. The molecule has 1 heterocycles. The minimum atomic E-state index is -0.0865. The standard InChI is InChI=1S/C18H18N2O2S/c1-12(21)18-20-15-8-7-14(11-16(15)23-18)17(22)19-10-9-13-5-3-2-4-6-13/h2-3,5,7-8,11H,4,6,9-10H2,1H3,(H,19,22). The third-order valence-electron chi connectivity index (χ3n) is 3.78. The van der Waals surface area contributed by atoms with Crippen molar-refractivity contribution in [2.75, 3.05) is 6.54 Å². The van der Waals surface area contributed by atoms with E-state index >= 15 is 0 Å². The van der Waals surface area contributed by atoms with Crippen molar-refractivity contribution in [2.24, 2.45) is 0 Å². The average molecular weight is 326 g/mol. The Bertz CT molecular complexity index is 818. The van der Waals surface area contributed by atoms with Gasteiger partial charge in [0.2, 0.25) is 0 Å². The van der Waals surface area contributed by atoms with E-state index in [1.807, 2.05) is 0 Å². The molecule has 1 amide bonds. The van der Waals surface area contributed by atoms with E-state index in [1.165, 1.54) is 23.8 Å². The van der Waals surface area contributed by atoms with Crippen LogP contribution < -0.4 is 5.32 Å². The number of benzene rings is 1. The molecule has 2 aromatic rings. The summed E-state index contributed by atoms with van der Waals surface area (Å²) in [7, 11) is 0. The number of carbonyl (C=O) groups excluding carboxylic acids is 2. The lowest BCUT2D eigenvalue weighted by atomic mass is 10.0. The van der Waals surface area contributed by atoms with E-state index in [2.05, 4.69) is 28.5 Å². The molecule has 1 aromatic heterocycles. The van der Waals surface area contributed by atoms with Gasteiger partial charge in [0.1, 0.15) is 0 Å². The molecule has 118 valence electrons. The van der Waals surface area contributed by atoms with Crippen LogP contribution in [0.4, 0.5) is 0 Å². The lowest BCUT2D eigenvalue weighted by molar-refractivity contribution is 0.0953. The fourth-order valence-electron chi connectivity index (χ4n) is 2.52. The van der Waals surface area contributed by atoms with Gasteiger partial charge in [-0.15, -0.1) is 11.3 Å². The molecule has 0 saturated carbocycles. The van der Waals surface area contributed by atoms with Crippen molar-refractivity contribution in [3.8, 4) is 0 Å². The number of hydrogen-bond donors (Lipinski definition) is 1. The summed E-state index contributed by atoms with van der Waals surface area (Å²) in [6, 6.07) is 5.35. The summed E-state index contributed by atoms with van der Waals surface area (Å²) in [5, 5.41) is 3.44. The number of thiazole rings is 1. The number of nitrogens with zero attached hydrogens (tertiary/aromatic N) is 1. The van der Waals surface area contributed by atoms with Gasteiger partial charge in [0, 0.05) is 19.0 Å². The van der Waals surface area contributed by atoms with Gasteiger partial charge >= 0.3 is 0 Å². The van der Waals surface area contributed by atoms with Crippen LogP contribution in [0.2, 0.25) is 0 Å². The molecule has 0 radical (unpaired) electrons. The van der Waals surface area contributed by atoms with Crippen LogP contribution in [-0.4, -0.2) is 23.2 Å². The minimum Gasteiger partial charge on any atom is -0.352 e. The summed E-state index contributed by atoms with van der Waals surface area (Å²) < 4.78 is 0.864. The van der Waals surface area contributed by atoms with E-state index in [-0.39, 0.29) is 11.7 Å². The topological polar surface area (TPSA) is 59.1 Å². The quantitative estimate of drug-likeness (QED) is 0.848. The molecule has 0 bridgehead atoms. The highest BCUT2D eigenvalue weighted by Crippen LogP contribution is 2.23. The van der Waals surface area contributed by atoms with E-state index in [9.17, 15) is 9.59 Å². The molecule has 1 N–H and O–H groups in total. The van der Waals surface area contributed by atoms with Gasteiger partial charge in [-0.1, -0.05) is 23.8 Å². The molecule has 0 fully saturated rings. The van der Waals surface area contributed by atoms with Gasteiger partial charge in [0.15, 0.2) is 10.8 Å². The van der Waals surface area contributed by atoms with Crippen LogP contribution >= 0.6 is 11.3 Å². The van der Waals surface area contributed by atoms with E-state index in [0.717, 1.165) is 29.5 Å².